The highest BCUT2D eigenvalue weighted by molar-refractivity contribution is 5.86. The Morgan fingerprint density at radius 3 is 2.93 bits per heavy atom. The van der Waals surface area contributed by atoms with Crippen molar-refractivity contribution in [1.29, 1.82) is 0 Å². The first-order chi connectivity index (χ1) is 13.5. The SMILES string of the molecule is CCCCOCOC1=C2OCOC2=CC2C3=C(C)CC(O)C(O)C3NC(=O)C12. The number of unbranched alkanes of at least 4 members (excludes halogenated alkanes) is 1. The van der Waals surface area contributed by atoms with Crippen LogP contribution in [-0.4, -0.2) is 54.6 Å². The minimum atomic E-state index is -1.05. The van der Waals surface area contributed by atoms with Gasteiger partial charge in [-0.3, -0.25) is 4.79 Å². The van der Waals surface area contributed by atoms with Crippen LogP contribution >= 0.6 is 0 Å². The zero-order valence-electron chi connectivity index (χ0n) is 16.1. The number of piperidine rings is 1. The molecule has 5 unspecified atom stereocenters. The van der Waals surface area contributed by atoms with Crippen molar-refractivity contribution in [3.05, 3.63) is 34.5 Å². The highest BCUT2D eigenvalue weighted by Crippen LogP contribution is 2.47. The Labute approximate surface area is 163 Å². The molecule has 0 spiro atoms. The molecule has 2 aliphatic carbocycles. The van der Waals surface area contributed by atoms with Crippen molar-refractivity contribution in [2.45, 2.75) is 51.4 Å². The summed E-state index contributed by atoms with van der Waals surface area (Å²) in [5.41, 5.74) is 1.85. The first kappa shape index (κ1) is 19.3. The summed E-state index contributed by atoms with van der Waals surface area (Å²) >= 11 is 0. The van der Waals surface area contributed by atoms with Crippen LogP contribution in [0.1, 0.15) is 33.1 Å². The first-order valence-electron chi connectivity index (χ1n) is 9.81. The number of fused-ring (bicyclic) bond motifs is 4. The zero-order chi connectivity index (χ0) is 19.8. The van der Waals surface area contributed by atoms with Crippen molar-refractivity contribution < 1.29 is 34.0 Å². The van der Waals surface area contributed by atoms with Gasteiger partial charge < -0.3 is 34.5 Å². The van der Waals surface area contributed by atoms with Crippen LogP contribution in [0.4, 0.5) is 0 Å². The van der Waals surface area contributed by atoms with Crippen molar-refractivity contribution >= 4 is 5.91 Å². The Morgan fingerprint density at radius 1 is 1.32 bits per heavy atom. The van der Waals surface area contributed by atoms with E-state index in [1.165, 1.54) is 0 Å². The molecule has 2 fully saturated rings. The number of nitrogens with one attached hydrogen (secondary N) is 1. The van der Waals surface area contributed by atoms with Crippen LogP contribution in [0.2, 0.25) is 0 Å². The van der Waals surface area contributed by atoms with Gasteiger partial charge in [0.1, 0.15) is 12.0 Å². The maximum Gasteiger partial charge on any atom is 0.232 e. The van der Waals surface area contributed by atoms with Crippen LogP contribution in [0.25, 0.3) is 0 Å². The third-order valence-corrected chi connectivity index (χ3v) is 5.80. The number of hydrogen-bond donors (Lipinski definition) is 3. The lowest BCUT2D eigenvalue weighted by Crippen LogP contribution is -2.60. The number of ether oxygens (including phenoxy) is 4. The normalized spacial score (nSPS) is 33.9. The fourth-order valence-corrected chi connectivity index (χ4v) is 4.41. The van der Waals surface area contributed by atoms with E-state index in [2.05, 4.69) is 12.2 Å². The molecule has 1 amide bonds. The van der Waals surface area contributed by atoms with E-state index in [9.17, 15) is 15.0 Å². The van der Waals surface area contributed by atoms with Crippen LogP contribution in [0.3, 0.4) is 0 Å². The lowest BCUT2D eigenvalue weighted by atomic mass is 9.68. The molecule has 5 atom stereocenters. The Hall–Kier alpha value is -2.03. The average molecular weight is 393 g/mol. The van der Waals surface area contributed by atoms with Crippen molar-refractivity contribution in [3.63, 3.8) is 0 Å². The number of carbonyl (C=O) groups is 1. The largest absolute Gasteiger partial charge is 0.467 e. The number of allylic oxidation sites excluding steroid dienone is 1. The Kier molecular flexibility index (Phi) is 5.35. The third kappa shape index (κ3) is 3.19. The van der Waals surface area contributed by atoms with E-state index in [1.807, 2.05) is 13.0 Å². The number of rotatable bonds is 6. The minimum Gasteiger partial charge on any atom is -0.467 e. The van der Waals surface area contributed by atoms with Crippen molar-refractivity contribution in [3.8, 4) is 0 Å². The van der Waals surface area contributed by atoms with Crippen molar-refractivity contribution in [2.75, 3.05) is 20.2 Å². The van der Waals surface area contributed by atoms with Gasteiger partial charge >= 0.3 is 0 Å². The molecule has 8 heteroatoms. The summed E-state index contributed by atoms with van der Waals surface area (Å²) in [6.07, 6.45) is 2.23. The van der Waals surface area contributed by atoms with Gasteiger partial charge in [0.25, 0.3) is 0 Å². The van der Waals surface area contributed by atoms with Gasteiger partial charge in [-0.2, -0.15) is 0 Å². The monoisotopic (exact) mass is 393 g/mol. The number of amides is 1. The van der Waals surface area contributed by atoms with Gasteiger partial charge in [0.15, 0.2) is 18.3 Å². The number of aliphatic hydroxyl groups excluding tert-OH is 2. The first-order valence-corrected chi connectivity index (χ1v) is 9.81. The molecule has 28 heavy (non-hydrogen) atoms. The maximum atomic E-state index is 13.0. The smallest absolute Gasteiger partial charge is 0.232 e. The highest BCUT2D eigenvalue weighted by Gasteiger charge is 2.52. The summed E-state index contributed by atoms with van der Waals surface area (Å²) < 4.78 is 22.5. The van der Waals surface area contributed by atoms with Crippen LogP contribution in [0.5, 0.6) is 0 Å². The molecule has 2 saturated heterocycles. The zero-order valence-corrected chi connectivity index (χ0v) is 16.1. The number of hydrogen-bond acceptors (Lipinski definition) is 7. The van der Waals surface area contributed by atoms with E-state index in [0.29, 0.717) is 30.3 Å². The summed E-state index contributed by atoms with van der Waals surface area (Å²) in [6.45, 7) is 4.67. The summed E-state index contributed by atoms with van der Waals surface area (Å²) in [6, 6.07) is -0.625. The Bertz CT molecular complexity index is 741. The highest BCUT2D eigenvalue weighted by atomic mass is 16.7. The van der Waals surface area contributed by atoms with Gasteiger partial charge in [-0.25, -0.2) is 0 Å². The van der Waals surface area contributed by atoms with Crippen LogP contribution in [0.15, 0.2) is 34.5 Å². The molecular formula is C20H27NO7. The Morgan fingerprint density at radius 2 is 2.14 bits per heavy atom. The molecule has 0 aromatic rings. The van der Waals surface area contributed by atoms with Gasteiger partial charge in [-0.15, -0.1) is 0 Å². The quantitative estimate of drug-likeness (QED) is 0.352. The van der Waals surface area contributed by atoms with Gasteiger partial charge in [-0.1, -0.05) is 18.9 Å². The number of aliphatic hydroxyl groups is 2. The van der Waals surface area contributed by atoms with E-state index in [1.54, 1.807) is 0 Å². The molecule has 2 aliphatic heterocycles. The van der Waals surface area contributed by atoms with Gasteiger partial charge in [0, 0.05) is 5.92 Å². The molecule has 3 N–H and O–H groups in total. The Balaban J connectivity index is 1.65. The van der Waals surface area contributed by atoms with E-state index in [0.717, 1.165) is 24.0 Å². The molecular weight excluding hydrogens is 366 g/mol. The molecule has 2 heterocycles. The lowest BCUT2D eigenvalue weighted by molar-refractivity contribution is -0.132. The second-order valence-corrected chi connectivity index (χ2v) is 7.64. The summed E-state index contributed by atoms with van der Waals surface area (Å²) in [4.78, 5) is 13.0. The predicted molar refractivity (Wildman–Crippen MR) is 97.2 cm³/mol. The standard InChI is InChI=1S/C20H27NO7/c1-3-4-5-25-8-27-19-15-11(7-13-18(19)28-9-26-13)14-10(2)6-12(22)17(23)16(14)21-20(15)24/h7,11-12,15-17,22-23H,3-6,8-9H2,1-2H3,(H,21,24). The summed E-state index contributed by atoms with van der Waals surface area (Å²) in [5, 5.41) is 23.4. The van der Waals surface area contributed by atoms with E-state index < -0.39 is 24.2 Å². The summed E-state index contributed by atoms with van der Waals surface area (Å²) in [7, 11) is 0. The van der Waals surface area contributed by atoms with E-state index >= 15 is 0 Å². The maximum absolute atomic E-state index is 13.0. The molecule has 8 nitrogen and oxygen atoms in total. The summed E-state index contributed by atoms with van der Waals surface area (Å²) in [5.74, 6) is 0.142. The van der Waals surface area contributed by atoms with Crippen LogP contribution < -0.4 is 5.32 Å². The second kappa shape index (κ2) is 7.77. The van der Waals surface area contributed by atoms with E-state index in [4.69, 9.17) is 18.9 Å². The molecule has 0 bridgehead atoms. The molecule has 0 aromatic heterocycles. The minimum absolute atomic E-state index is 0.0226. The van der Waals surface area contributed by atoms with Gasteiger partial charge in [-0.05, 0) is 31.4 Å². The van der Waals surface area contributed by atoms with E-state index in [-0.39, 0.29) is 25.4 Å². The fourth-order valence-electron chi connectivity index (χ4n) is 4.41. The van der Waals surface area contributed by atoms with Crippen LogP contribution in [0, 0.1) is 11.8 Å². The number of carbonyl (C=O) groups excluding carboxylic acids is 1. The van der Waals surface area contributed by atoms with Crippen molar-refractivity contribution in [1.82, 2.24) is 5.32 Å². The fraction of sp³-hybridized carbons (Fsp3) is 0.650. The molecule has 4 aliphatic rings. The molecule has 154 valence electrons. The third-order valence-electron chi connectivity index (χ3n) is 5.80. The molecule has 0 saturated carbocycles. The van der Waals surface area contributed by atoms with Gasteiger partial charge in [0.05, 0.1) is 18.8 Å². The van der Waals surface area contributed by atoms with Crippen LogP contribution in [-0.2, 0) is 23.7 Å². The molecule has 0 radical (unpaired) electrons. The molecule has 0 aromatic carbocycles. The molecule has 4 rings (SSSR count). The van der Waals surface area contributed by atoms with Gasteiger partial charge in [0.2, 0.25) is 18.5 Å². The lowest BCUT2D eigenvalue weighted by Gasteiger charge is -2.45. The second-order valence-electron chi connectivity index (χ2n) is 7.64. The van der Waals surface area contributed by atoms with Crippen molar-refractivity contribution in [2.24, 2.45) is 11.8 Å². The average Bonchev–Trinajstić information content (AvgIpc) is 3.13. The predicted octanol–water partition coefficient (Wildman–Crippen LogP) is 1.06. The topological polar surface area (TPSA) is 106 Å².